The molecule has 2 aromatic rings. The number of allylic oxidation sites excluding steroid dienone is 2. The number of para-hydroxylation sites is 2. The molecule has 0 fully saturated rings. The Labute approximate surface area is 168 Å². The molecule has 0 spiro atoms. The number of hydrogen-bond acceptors (Lipinski definition) is 2. The lowest BCUT2D eigenvalue weighted by atomic mass is 10.1. The first kappa shape index (κ1) is 20.9. The van der Waals surface area contributed by atoms with Crippen LogP contribution in [0.15, 0.2) is 73.8 Å². The van der Waals surface area contributed by atoms with Crippen LogP contribution in [0.3, 0.4) is 0 Å². The molecular formula is C26H26O2. The Morgan fingerprint density at radius 2 is 1.11 bits per heavy atom. The molecule has 0 aliphatic heterocycles. The van der Waals surface area contributed by atoms with Crippen LogP contribution in [0.5, 0.6) is 11.5 Å². The number of hydrogen-bond donors (Lipinski definition) is 0. The van der Waals surface area contributed by atoms with Gasteiger partial charge in [0.2, 0.25) is 0 Å². The first-order valence-corrected chi connectivity index (χ1v) is 9.44. The van der Waals surface area contributed by atoms with Crippen molar-refractivity contribution in [1.82, 2.24) is 0 Å². The molecule has 0 aromatic heterocycles. The van der Waals surface area contributed by atoms with Crippen LogP contribution in [-0.4, -0.2) is 13.2 Å². The summed E-state index contributed by atoms with van der Waals surface area (Å²) in [5.41, 5.74) is 2.28. The highest BCUT2D eigenvalue weighted by Gasteiger charge is 2.00. The Balaban J connectivity index is 1.67. The van der Waals surface area contributed by atoms with E-state index < -0.39 is 0 Å². The largest absolute Gasteiger partial charge is 0.492 e. The molecule has 0 N–H and O–H groups in total. The molecule has 0 heterocycles. The van der Waals surface area contributed by atoms with Gasteiger partial charge in [0.05, 0.1) is 13.2 Å². The zero-order valence-electron chi connectivity index (χ0n) is 16.2. The first-order chi connectivity index (χ1) is 13.8. The van der Waals surface area contributed by atoms with Gasteiger partial charge in [-0.25, -0.2) is 0 Å². The maximum absolute atomic E-state index is 5.79. The summed E-state index contributed by atoms with van der Waals surface area (Å²) in [6.45, 7) is 8.64. The van der Waals surface area contributed by atoms with Crippen LogP contribution in [0.1, 0.15) is 24.0 Å². The summed E-state index contributed by atoms with van der Waals surface area (Å²) in [6, 6.07) is 16.0. The van der Waals surface area contributed by atoms with Gasteiger partial charge in [0.25, 0.3) is 0 Å². The number of ether oxygens (including phenoxy) is 2. The fraction of sp³-hybridized carbons (Fsp3) is 0.231. The van der Waals surface area contributed by atoms with E-state index in [2.05, 4.69) is 36.8 Å². The van der Waals surface area contributed by atoms with Crippen molar-refractivity contribution in [2.45, 2.75) is 25.7 Å². The van der Waals surface area contributed by atoms with Gasteiger partial charge >= 0.3 is 0 Å². The Morgan fingerprint density at radius 1 is 0.679 bits per heavy atom. The maximum Gasteiger partial charge on any atom is 0.122 e. The van der Waals surface area contributed by atoms with Crippen LogP contribution in [0.4, 0.5) is 0 Å². The fourth-order valence-electron chi connectivity index (χ4n) is 2.57. The van der Waals surface area contributed by atoms with E-state index in [1.54, 1.807) is 0 Å². The highest BCUT2D eigenvalue weighted by molar-refractivity contribution is 5.35. The van der Waals surface area contributed by atoms with E-state index in [0.29, 0.717) is 26.1 Å². The molecular weight excluding hydrogens is 344 g/mol. The van der Waals surface area contributed by atoms with Gasteiger partial charge in [0.1, 0.15) is 11.5 Å². The molecule has 2 nitrogen and oxygen atoms in total. The van der Waals surface area contributed by atoms with E-state index >= 15 is 0 Å². The summed E-state index contributed by atoms with van der Waals surface area (Å²) in [5, 5.41) is 0. The Hall–Kier alpha value is -3.36. The molecule has 0 aliphatic rings. The van der Waals surface area contributed by atoms with Gasteiger partial charge in [-0.3, -0.25) is 0 Å². The lowest BCUT2D eigenvalue weighted by molar-refractivity contribution is 0.324. The monoisotopic (exact) mass is 370 g/mol. The Kier molecular flexibility index (Phi) is 9.66. The molecule has 28 heavy (non-hydrogen) atoms. The van der Waals surface area contributed by atoms with Crippen LogP contribution in [-0.2, 0) is 12.8 Å². The van der Waals surface area contributed by atoms with Gasteiger partial charge in [-0.2, -0.15) is 0 Å². The smallest absolute Gasteiger partial charge is 0.122 e. The molecule has 2 rings (SSSR count). The zero-order chi connectivity index (χ0) is 19.9. The molecule has 0 bridgehead atoms. The van der Waals surface area contributed by atoms with Gasteiger partial charge in [-0.1, -0.05) is 60.4 Å². The second-order valence-corrected chi connectivity index (χ2v) is 6.00. The fourth-order valence-corrected chi connectivity index (χ4v) is 2.57. The van der Waals surface area contributed by atoms with Gasteiger partial charge in [0.15, 0.2) is 0 Å². The van der Waals surface area contributed by atoms with Gasteiger partial charge < -0.3 is 9.47 Å². The quantitative estimate of drug-likeness (QED) is 0.317. The highest BCUT2D eigenvalue weighted by atomic mass is 16.5. The summed E-state index contributed by atoms with van der Waals surface area (Å²) in [7, 11) is 0. The first-order valence-electron chi connectivity index (χ1n) is 9.44. The molecule has 0 radical (unpaired) electrons. The van der Waals surface area contributed by atoms with Crippen LogP contribution in [0.2, 0.25) is 0 Å². The molecule has 142 valence electrons. The van der Waals surface area contributed by atoms with E-state index in [-0.39, 0.29) is 0 Å². The van der Waals surface area contributed by atoms with Crippen LogP contribution >= 0.6 is 0 Å². The summed E-state index contributed by atoms with van der Waals surface area (Å²) >= 11 is 0. The highest BCUT2D eigenvalue weighted by Crippen LogP contribution is 2.19. The number of rotatable bonds is 10. The van der Waals surface area contributed by atoms with Crippen molar-refractivity contribution in [2.75, 3.05) is 13.2 Å². The van der Waals surface area contributed by atoms with Crippen LogP contribution < -0.4 is 9.47 Å². The van der Waals surface area contributed by atoms with Gasteiger partial charge in [-0.05, 0) is 47.9 Å². The van der Waals surface area contributed by atoms with E-state index in [9.17, 15) is 0 Å². The molecule has 0 saturated carbocycles. The van der Waals surface area contributed by atoms with Crippen molar-refractivity contribution in [3.05, 3.63) is 85.0 Å². The SMILES string of the molecule is C=CCc1ccccc1OCCC#CC#CCCOc1ccccc1CC=C. The molecule has 0 aliphatic carbocycles. The average Bonchev–Trinajstić information content (AvgIpc) is 2.72. The van der Waals surface area contributed by atoms with Crippen molar-refractivity contribution in [2.24, 2.45) is 0 Å². The average molecular weight is 370 g/mol. The lowest BCUT2D eigenvalue weighted by Gasteiger charge is -2.08. The maximum atomic E-state index is 5.79. The van der Waals surface area contributed by atoms with E-state index in [1.807, 2.05) is 60.7 Å². The van der Waals surface area contributed by atoms with Crippen LogP contribution in [0.25, 0.3) is 0 Å². The summed E-state index contributed by atoms with van der Waals surface area (Å²) in [6.07, 6.45) is 6.63. The molecule has 0 saturated heterocycles. The van der Waals surface area contributed by atoms with Crippen LogP contribution in [0, 0.1) is 23.7 Å². The van der Waals surface area contributed by atoms with E-state index in [1.165, 1.54) is 0 Å². The molecule has 2 aromatic carbocycles. The topological polar surface area (TPSA) is 18.5 Å². The molecule has 0 amide bonds. The van der Waals surface area contributed by atoms with E-state index in [4.69, 9.17) is 9.47 Å². The predicted molar refractivity (Wildman–Crippen MR) is 116 cm³/mol. The second-order valence-electron chi connectivity index (χ2n) is 6.00. The molecule has 0 atom stereocenters. The van der Waals surface area contributed by atoms with Crippen molar-refractivity contribution in [1.29, 1.82) is 0 Å². The minimum Gasteiger partial charge on any atom is -0.492 e. The molecule has 2 heteroatoms. The predicted octanol–water partition coefficient (Wildman–Crippen LogP) is 5.39. The van der Waals surface area contributed by atoms with Gasteiger partial charge in [-0.15, -0.1) is 13.2 Å². The number of benzene rings is 2. The van der Waals surface area contributed by atoms with Crippen molar-refractivity contribution in [3.63, 3.8) is 0 Å². The van der Waals surface area contributed by atoms with Crippen molar-refractivity contribution < 1.29 is 9.47 Å². The third-order valence-electron chi connectivity index (χ3n) is 3.88. The minimum absolute atomic E-state index is 0.548. The zero-order valence-corrected chi connectivity index (χ0v) is 16.2. The third-order valence-corrected chi connectivity index (χ3v) is 3.88. The van der Waals surface area contributed by atoms with Crippen molar-refractivity contribution >= 4 is 0 Å². The normalized spacial score (nSPS) is 9.29. The standard InChI is InChI=1S/C26H26O2/c1-3-15-23-17-9-11-19-25(23)27-21-13-7-5-6-8-14-22-28-26-20-12-10-18-24(26)16-4-2/h3-4,9-12,17-20H,1-2,13-16,21-22H2. The Morgan fingerprint density at radius 3 is 1.54 bits per heavy atom. The lowest BCUT2D eigenvalue weighted by Crippen LogP contribution is -1.99. The molecule has 0 unspecified atom stereocenters. The van der Waals surface area contributed by atoms with Gasteiger partial charge in [0, 0.05) is 12.8 Å². The summed E-state index contributed by atoms with van der Waals surface area (Å²) < 4.78 is 11.6. The van der Waals surface area contributed by atoms with Crippen molar-refractivity contribution in [3.8, 4) is 35.2 Å². The van der Waals surface area contributed by atoms with E-state index in [0.717, 1.165) is 35.5 Å². The Bertz CT molecular complexity index is 812. The second kappa shape index (κ2) is 12.9. The summed E-state index contributed by atoms with van der Waals surface area (Å²) in [4.78, 5) is 0. The summed E-state index contributed by atoms with van der Waals surface area (Å²) in [5.74, 6) is 13.6. The minimum atomic E-state index is 0.548. The third kappa shape index (κ3) is 7.48.